The summed E-state index contributed by atoms with van der Waals surface area (Å²) in [4.78, 5) is 31.1. The molecule has 0 atom stereocenters. The smallest absolute Gasteiger partial charge is 0.331 e. The zero-order chi connectivity index (χ0) is 18.8. The summed E-state index contributed by atoms with van der Waals surface area (Å²) in [6.45, 7) is 0.341. The van der Waals surface area contributed by atoms with Crippen molar-refractivity contribution in [3.8, 4) is 5.88 Å². The molecule has 0 fully saturated rings. The Labute approximate surface area is 156 Å². The second kappa shape index (κ2) is 7.23. The second-order valence-corrected chi connectivity index (χ2v) is 6.88. The Morgan fingerprint density at radius 1 is 1.22 bits per heavy atom. The second-order valence-electron chi connectivity index (χ2n) is 6.88. The van der Waals surface area contributed by atoms with Crippen molar-refractivity contribution in [2.75, 3.05) is 0 Å². The molecule has 0 bridgehead atoms. The maximum Gasteiger partial charge on any atom is 0.331 e. The van der Waals surface area contributed by atoms with E-state index in [4.69, 9.17) is 0 Å². The molecule has 0 spiro atoms. The van der Waals surface area contributed by atoms with E-state index in [0.717, 1.165) is 36.1 Å². The molecule has 0 saturated heterocycles. The summed E-state index contributed by atoms with van der Waals surface area (Å²) >= 11 is 0. The molecule has 4 rings (SSSR count). The fraction of sp³-hybridized carbons (Fsp3) is 0.286. The van der Waals surface area contributed by atoms with Gasteiger partial charge in [-0.25, -0.2) is 4.79 Å². The molecule has 1 aliphatic heterocycles. The van der Waals surface area contributed by atoms with E-state index >= 15 is 0 Å². The normalized spacial score (nSPS) is 17.2. The molecule has 138 valence electrons. The van der Waals surface area contributed by atoms with Crippen LogP contribution in [-0.4, -0.2) is 20.9 Å². The van der Waals surface area contributed by atoms with E-state index in [0.29, 0.717) is 13.0 Å². The molecule has 27 heavy (non-hydrogen) atoms. The SMILES string of the molecule is O=c1[nH]c(=O)n(CCC2=CCCCC2)c(O)c1/C=C1\C=Nc2ccccc21. The maximum absolute atomic E-state index is 12.3. The fourth-order valence-corrected chi connectivity index (χ4v) is 3.61. The van der Waals surface area contributed by atoms with Gasteiger partial charge in [0.15, 0.2) is 0 Å². The highest BCUT2D eigenvalue weighted by atomic mass is 16.3. The number of rotatable bonds is 4. The third-order valence-corrected chi connectivity index (χ3v) is 5.11. The predicted molar refractivity (Wildman–Crippen MR) is 107 cm³/mol. The van der Waals surface area contributed by atoms with Crippen molar-refractivity contribution in [3.05, 3.63) is 67.9 Å². The number of aromatic hydroxyl groups is 1. The Hall–Kier alpha value is -3.15. The lowest BCUT2D eigenvalue weighted by Crippen LogP contribution is -2.31. The summed E-state index contributed by atoms with van der Waals surface area (Å²) in [5, 5.41) is 10.6. The number of nitrogens with one attached hydrogen (secondary N) is 1. The molecule has 2 aliphatic rings. The third-order valence-electron chi connectivity index (χ3n) is 5.11. The van der Waals surface area contributed by atoms with E-state index in [9.17, 15) is 14.7 Å². The molecule has 1 aromatic carbocycles. The van der Waals surface area contributed by atoms with Gasteiger partial charge >= 0.3 is 5.69 Å². The highest BCUT2D eigenvalue weighted by Crippen LogP contribution is 2.32. The summed E-state index contributed by atoms with van der Waals surface area (Å²) in [5.41, 5.74) is 2.62. The summed E-state index contributed by atoms with van der Waals surface area (Å²) in [5.74, 6) is -0.301. The Morgan fingerprint density at radius 3 is 2.89 bits per heavy atom. The average Bonchev–Trinajstić information content (AvgIpc) is 3.09. The summed E-state index contributed by atoms with van der Waals surface area (Å²) in [7, 11) is 0. The van der Waals surface area contributed by atoms with Crippen molar-refractivity contribution < 1.29 is 5.11 Å². The summed E-state index contributed by atoms with van der Waals surface area (Å²) in [6, 6.07) is 7.58. The molecule has 2 aromatic rings. The molecule has 6 nitrogen and oxygen atoms in total. The van der Waals surface area contributed by atoms with Crippen molar-refractivity contribution in [1.29, 1.82) is 0 Å². The van der Waals surface area contributed by atoms with Crippen molar-refractivity contribution in [3.63, 3.8) is 0 Å². The lowest BCUT2D eigenvalue weighted by Gasteiger charge is -2.14. The van der Waals surface area contributed by atoms with Gasteiger partial charge in [0.05, 0.1) is 5.69 Å². The van der Waals surface area contributed by atoms with Crippen molar-refractivity contribution in [2.45, 2.75) is 38.6 Å². The number of hydrogen-bond acceptors (Lipinski definition) is 4. The molecule has 0 amide bonds. The largest absolute Gasteiger partial charge is 0.494 e. The predicted octanol–water partition coefficient (Wildman–Crippen LogP) is 3.39. The van der Waals surface area contributed by atoms with E-state index in [-0.39, 0.29) is 11.4 Å². The van der Waals surface area contributed by atoms with Crippen LogP contribution < -0.4 is 11.2 Å². The number of nitrogens with zero attached hydrogens (tertiary/aromatic N) is 2. The zero-order valence-electron chi connectivity index (χ0n) is 14.9. The van der Waals surface area contributed by atoms with Crippen LogP contribution in [-0.2, 0) is 6.54 Å². The van der Waals surface area contributed by atoms with Gasteiger partial charge in [0.2, 0.25) is 5.88 Å². The molecule has 2 N–H and O–H groups in total. The quantitative estimate of drug-likeness (QED) is 0.816. The first-order chi connectivity index (χ1) is 13.1. The standard InChI is InChI=1S/C21H21N3O3/c25-19-17(12-15-13-22-18-9-5-4-8-16(15)18)20(26)24(21(27)23-19)11-10-14-6-2-1-3-7-14/h4-6,8-9,12-13,26H,1-3,7,10-11H2,(H,23,25,27)/b15-12+. The van der Waals surface area contributed by atoms with Gasteiger partial charge in [-0.1, -0.05) is 29.8 Å². The Kier molecular flexibility index (Phi) is 4.62. The Bertz CT molecular complexity index is 1090. The van der Waals surface area contributed by atoms with Gasteiger partial charge in [-0.2, -0.15) is 0 Å². The lowest BCUT2D eigenvalue weighted by atomic mass is 9.97. The van der Waals surface area contributed by atoms with E-state index < -0.39 is 11.2 Å². The van der Waals surface area contributed by atoms with Gasteiger partial charge in [0.1, 0.15) is 5.56 Å². The first-order valence-corrected chi connectivity index (χ1v) is 9.22. The van der Waals surface area contributed by atoms with Crippen LogP contribution in [0.3, 0.4) is 0 Å². The topological polar surface area (TPSA) is 87.5 Å². The first kappa shape index (κ1) is 17.3. The van der Waals surface area contributed by atoms with Crippen LogP contribution in [0.2, 0.25) is 0 Å². The molecule has 0 radical (unpaired) electrons. The number of allylic oxidation sites excluding steroid dienone is 3. The minimum absolute atomic E-state index is 0.0744. The lowest BCUT2D eigenvalue weighted by molar-refractivity contribution is 0.397. The van der Waals surface area contributed by atoms with Crippen LogP contribution in [0.5, 0.6) is 5.88 Å². The van der Waals surface area contributed by atoms with Crippen molar-refractivity contribution >= 4 is 23.6 Å². The Balaban J connectivity index is 1.69. The summed E-state index contributed by atoms with van der Waals surface area (Å²) in [6.07, 6.45) is 10.6. The fourth-order valence-electron chi connectivity index (χ4n) is 3.61. The molecule has 1 aliphatic carbocycles. The van der Waals surface area contributed by atoms with Crippen LogP contribution in [0.4, 0.5) is 5.69 Å². The first-order valence-electron chi connectivity index (χ1n) is 9.22. The molecule has 2 heterocycles. The number of aromatic nitrogens is 2. The number of aliphatic imine (C=N–C) groups is 1. The van der Waals surface area contributed by atoms with E-state index in [1.165, 1.54) is 16.6 Å². The van der Waals surface area contributed by atoms with Gasteiger partial charge in [-0.05, 0) is 44.2 Å². The number of hydrogen-bond donors (Lipinski definition) is 2. The van der Waals surface area contributed by atoms with Crippen molar-refractivity contribution in [1.82, 2.24) is 9.55 Å². The molecule has 1 aromatic heterocycles. The van der Waals surface area contributed by atoms with Crippen LogP contribution in [0, 0.1) is 0 Å². The van der Waals surface area contributed by atoms with E-state index in [1.807, 2.05) is 24.3 Å². The van der Waals surface area contributed by atoms with Gasteiger partial charge in [-0.3, -0.25) is 19.3 Å². The third kappa shape index (κ3) is 3.43. The number of aromatic amines is 1. The highest BCUT2D eigenvalue weighted by Gasteiger charge is 2.17. The van der Waals surface area contributed by atoms with Gasteiger partial charge < -0.3 is 5.11 Å². The van der Waals surface area contributed by atoms with Gasteiger partial charge in [0.25, 0.3) is 5.56 Å². The van der Waals surface area contributed by atoms with Crippen LogP contribution in [0.25, 0.3) is 11.6 Å². The number of benzene rings is 1. The number of para-hydroxylation sites is 1. The molecule has 0 unspecified atom stereocenters. The zero-order valence-corrected chi connectivity index (χ0v) is 14.9. The average molecular weight is 363 g/mol. The van der Waals surface area contributed by atoms with Crippen molar-refractivity contribution in [2.24, 2.45) is 4.99 Å². The molecule has 6 heteroatoms. The number of fused-ring (bicyclic) bond motifs is 1. The maximum atomic E-state index is 12.3. The molecule has 0 saturated carbocycles. The van der Waals surface area contributed by atoms with Crippen LogP contribution in [0.15, 0.2) is 50.5 Å². The van der Waals surface area contributed by atoms with E-state index in [1.54, 1.807) is 12.3 Å². The van der Waals surface area contributed by atoms with Crippen LogP contribution >= 0.6 is 0 Å². The number of H-pyrrole nitrogens is 1. The minimum atomic E-state index is -0.601. The monoisotopic (exact) mass is 363 g/mol. The van der Waals surface area contributed by atoms with Gasteiger partial charge in [0, 0.05) is 23.9 Å². The Morgan fingerprint density at radius 2 is 2.07 bits per heavy atom. The summed E-state index contributed by atoms with van der Waals surface area (Å²) < 4.78 is 1.24. The minimum Gasteiger partial charge on any atom is -0.494 e. The highest BCUT2D eigenvalue weighted by molar-refractivity contribution is 6.21. The van der Waals surface area contributed by atoms with Gasteiger partial charge in [-0.15, -0.1) is 0 Å². The molecular formula is C21H21N3O3. The van der Waals surface area contributed by atoms with Crippen LogP contribution in [0.1, 0.15) is 43.2 Å². The molecular weight excluding hydrogens is 342 g/mol. The van der Waals surface area contributed by atoms with E-state index in [2.05, 4.69) is 16.1 Å².